The maximum atomic E-state index is 12.9. The molecule has 0 N–H and O–H groups in total. The third kappa shape index (κ3) is 4.44. The van der Waals surface area contributed by atoms with E-state index in [1.54, 1.807) is 6.92 Å². The normalized spacial score (nSPS) is 13.8. The zero-order valence-corrected chi connectivity index (χ0v) is 12.5. The molecule has 1 rings (SSSR count). The van der Waals surface area contributed by atoms with Gasteiger partial charge in [-0.05, 0) is 25.5 Å². The molecule has 0 fully saturated rings. The molecule has 0 bridgehead atoms. The molecule has 0 aliphatic heterocycles. The van der Waals surface area contributed by atoms with Crippen LogP contribution in [0.4, 0.5) is 24.5 Å². The van der Waals surface area contributed by atoms with Crippen LogP contribution in [0.1, 0.15) is 32.8 Å². The summed E-state index contributed by atoms with van der Waals surface area (Å²) in [6, 6.07) is 2.65. The third-order valence-corrected chi connectivity index (χ3v) is 3.05. The lowest BCUT2D eigenvalue weighted by Crippen LogP contribution is -2.14. The second kappa shape index (κ2) is 7.24. The van der Waals surface area contributed by atoms with Gasteiger partial charge in [-0.3, -0.25) is 10.1 Å². The van der Waals surface area contributed by atoms with Gasteiger partial charge in [0.2, 0.25) is 0 Å². The monoisotopic (exact) mass is 318 g/mol. The molecule has 1 unspecified atom stereocenters. The van der Waals surface area contributed by atoms with Crippen molar-refractivity contribution in [1.29, 1.82) is 0 Å². The van der Waals surface area contributed by atoms with Gasteiger partial charge in [-0.2, -0.15) is 13.2 Å². The minimum absolute atomic E-state index is 0.0262. The van der Waals surface area contributed by atoms with Gasteiger partial charge in [0.05, 0.1) is 17.2 Å². The number of ether oxygens (including phenoxy) is 1. The van der Waals surface area contributed by atoms with Crippen LogP contribution in [0.5, 0.6) is 0 Å². The van der Waals surface area contributed by atoms with Crippen LogP contribution in [0.15, 0.2) is 23.2 Å². The summed E-state index contributed by atoms with van der Waals surface area (Å²) in [6.45, 7) is 5.82. The highest BCUT2D eigenvalue weighted by molar-refractivity contribution is 5.81. The number of alkyl halides is 3. The van der Waals surface area contributed by atoms with Crippen molar-refractivity contribution in [2.75, 3.05) is 6.61 Å². The van der Waals surface area contributed by atoms with Crippen LogP contribution in [0, 0.1) is 16.0 Å². The van der Waals surface area contributed by atoms with E-state index in [4.69, 9.17) is 4.74 Å². The van der Waals surface area contributed by atoms with Gasteiger partial charge < -0.3 is 4.74 Å². The Hall–Kier alpha value is -2.12. The van der Waals surface area contributed by atoms with E-state index >= 15 is 0 Å². The Balaban J connectivity index is 3.34. The average molecular weight is 318 g/mol. The summed E-state index contributed by atoms with van der Waals surface area (Å²) in [4.78, 5) is 13.7. The largest absolute Gasteiger partial charge is 0.481 e. The first-order chi connectivity index (χ1) is 10.2. The highest BCUT2D eigenvalue weighted by atomic mass is 19.4. The van der Waals surface area contributed by atoms with Crippen LogP contribution >= 0.6 is 0 Å². The van der Waals surface area contributed by atoms with Gasteiger partial charge in [-0.25, -0.2) is 4.99 Å². The first-order valence-electron chi connectivity index (χ1n) is 6.77. The van der Waals surface area contributed by atoms with Gasteiger partial charge in [0.15, 0.2) is 5.90 Å². The van der Waals surface area contributed by atoms with Gasteiger partial charge in [0.25, 0.3) is 5.69 Å². The van der Waals surface area contributed by atoms with E-state index in [9.17, 15) is 23.3 Å². The summed E-state index contributed by atoms with van der Waals surface area (Å²) >= 11 is 0. The molecule has 0 amide bonds. The predicted molar refractivity (Wildman–Crippen MR) is 76.3 cm³/mol. The Morgan fingerprint density at radius 2 is 2.05 bits per heavy atom. The first kappa shape index (κ1) is 17.9. The summed E-state index contributed by atoms with van der Waals surface area (Å²) in [5.74, 6) is 0.247. The van der Waals surface area contributed by atoms with E-state index < -0.39 is 22.4 Å². The molecule has 0 aliphatic rings. The molecule has 0 spiro atoms. The van der Waals surface area contributed by atoms with Crippen LogP contribution < -0.4 is 0 Å². The number of aliphatic imine (C=N–C) groups is 1. The SMILES string of the molecule is CCOC(=Nc1ccc([N+](=O)[O-])c(C(F)(F)F)c1)C(C)CC. The molecule has 0 radical (unpaired) electrons. The molecule has 0 heterocycles. The van der Waals surface area contributed by atoms with Gasteiger partial charge in [0, 0.05) is 12.0 Å². The quantitative estimate of drug-likeness (QED) is 0.341. The van der Waals surface area contributed by atoms with Crippen LogP contribution in [-0.2, 0) is 10.9 Å². The van der Waals surface area contributed by atoms with Crippen molar-refractivity contribution in [3.05, 3.63) is 33.9 Å². The van der Waals surface area contributed by atoms with Crippen molar-refractivity contribution in [3.8, 4) is 0 Å². The summed E-state index contributed by atoms with van der Waals surface area (Å²) in [7, 11) is 0. The Bertz CT molecular complexity index is 571. The molecule has 1 aromatic carbocycles. The molecule has 0 saturated heterocycles. The smallest absolute Gasteiger partial charge is 0.423 e. The third-order valence-electron chi connectivity index (χ3n) is 3.05. The van der Waals surface area contributed by atoms with E-state index in [0.29, 0.717) is 25.0 Å². The lowest BCUT2D eigenvalue weighted by molar-refractivity contribution is -0.388. The minimum Gasteiger partial charge on any atom is -0.481 e. The molecule has 0 saturated carbocycles. The van der Waals surface area contributed by atoms with E-state index in [1.807, 2.05) is 13.8 Å². The highest BCUT2D eigenvalue weighted by Gasteiger charge is 2.38. The Labute approximate surface area is 126 Å². The standard InChI is InChI=1S/C14H17F3N2O3/c1-4-9(3)13(22-5-2)18-10-6-7-12(19(20)21)11(8-10)14(15,16)17/h6-9H,4-5H2,1-3H3. The van der Waals surface area contributed by atoms with Crippen molar-refractivity contribution < 1.29 is 22.8 Å². The first-order valence-corrected chi connectivity index (χ1v) is 6.77. The molecule has 0 aromatic heterocycles. The lowest BCUT2D eigenvalue weighted by atomic mass is 10.1. The molecular weight excluding hydrogens is 301 g/mol. The Morgan fingerprint density at radius 1 is 1.41 bits per heavy atom. The van der Waals surface area contributed by atoms with Crippen LogP contribution in [0.2, 0.25) is 0 Å². The number of hydrogen-bond donors (Lipinski definition) is 0. The molecule has 1 atom stereocenters. The molecule has 5 nitrogen and oxygen atoms in total. The minimum atomic E-state index is -4.82. The second-order valence-corrected chi connectivity index (χ2v) is 4.65. The van der Waals surface area contributed by atoms with Crippen LogP contribution in [0.25, 0.3) is 0 Å². The zero-order chi connectivity index (χ0) is 16.9. The van der Waals surface area contributed by atoms with Crippen molar-refractivity contribution >= 4 is 17.3 Å². The molecule has 8 heteroatoms. The number of nitro benzene ring substituents is 1. The maximum Gasteiger partial charge on any atom is 0.423 e. The number of hydrogen-bond acceptors (Lipinski definition) is 4. The van der Waals surface area contributed by atoms with Crippen molar-refractivity contribution in [2.45, 2.75) is 33.4 Å². The number of rotatable bonds is 5. The Kier molecular flexibility index (Phi) is 5.90. The Morgan fingerprint density at radius 3 is 2.50 bits per heavy atom. The summed E-state index contributed by atoms with van der Waals surface area (Å²) in [5, 5.41) is 10.7. The van der Waals surface area contributed by atoms with Crippen LogP contribution in [-0.4, -0.2) is 17.4 Å². The molecule has 0 aliphatic carbocycles. The second-order valence-electron chi connectivity index (χ2n) is 4.65. The fourth-order valence-electron chi connectivity index (χ4n) is 1.71. The van der Waals surface area contributed by atoms with Gasteiger partial charge in [0.1, 0.15) is 5.56 Å². The van der Waals surface area contributed by atoms with E-state index in [0.717, 1.165) is 6.07 Å². The van der Waals surface area contributed by atoms with E-state index in [1.165, 1.54) is 6.07 Å². The van der Waals surface area contributed by atoms with Gasteiger partial charge in [-0.15, -0.1) is 0 Å². The van der Waals surface area contributed by atoms with Gasteiger partial charge in [-0.1, -0.05) is 13.8 Å². The van der Waals surface area contributed by atoms with Crippen molar-refractivity contribution in [1.82, 2.24) is 0 Å². The maximum absolute atomic E-state index is 12.9. The van der Waals surface area contributed by atoms with Crippen molar-refractivity contribution in [2.24, 2.45) is 10.9 Å². The molecule has 1 aromatic rings. The summed E-state index contributed by atoms with van der Waals surface area (Å²) < 4.78 is 44.1. The van der Waals surface area contributed by atoms with E-state index in [-0.39, 0.29) is 11.6 Å². The number of nitrogens with zero attached hydrogens (tertiary/aromatic N) is 2. The number of benzene rings is 1. The lowest BCUT2D eigenvalue weighted by Gasteiger charge is -2.14. The summed E-state index contributed by atoms with van der Waals surface area (Å²) in [5.41, 5.74) is -2.34. The zero-order valence-electron chi connectivity index (χ0n) is 12.5. The molecule has 22 heavy (non-hydrogen) atoms. The number of nitro groups is 1. The average Bonchev–Trinajstić information content (AvgIpc) is 2.44. The fraction of sp³-hybridized carbons (Fsp3) is 0.500. The van der Waals surface area contributed by atoms with Crippen LogP contribution in [0.3, 0.4) is 0 Å². The molecule has 122 valence electrons. The predicted octanol–water partition coefficient (Wildman–Crippen LogP) is 4.73. The van der Waals surface area contributed by atoms with Crippen molar-refractivity contribution in [3.63, 3.8) is 0 Å². The summed E-state index contributed by atoms with van der Waals surface area (Å²) in [6.07, 6.45) is -4.12. The topological polar surface area (TPSA) is 64.7 Å². The van der Waals surface area contributed by atoms with Gasteiger partial charge >= 0.3 is 6.18 Å². The number of halogens is 3. The van der Waals surface area contributed by atoms with E-state index in [2.05, 4.69) is 4.99 Å². The molecular formula is C14H17F3N2O3. The fourth-order valence-corrected chi connectivity index (χ4v) is 1.71. The highest BCUT2D eigenvalue weighted by Crippen LogP contribution is 2.38.